The minimum atomic E-state index is -3.41. The number of aromatic nitrogens is 1. The number of allylic oxidation sites excluding steroid dienone is 1. The van der Waals surface area contributed by atoms with Gasteiger partial charge < -0.3 is 14.8 Å². The highest BCUT2D eigenvalue weighted by molar-refractivity contribution is 8.00. The Kier molecular flexibility index (Phi) is 11.7. The third-order valence-electron chi connectivity index (χ3n) is 6.59. The maximum atomic E-state index is 15.9. The van der Waals surface area contributed by atoms with E-state index >= 15 is 4.39 Å². The summed E-state index contributed by atoms with van der Waals surface area (Å²) in [5.74, 6) is -1.73. The summed E-state index contributed by atoms with van der Waals surface area (Å²) >= 11 is 1.97. The summed E-state index contributed by atoms with van der Waals surface area (Å²) in [6.45, 7) is 9.28. The fourth-order valence-electron chi connectivity index (χ4n) is 4.11. The highest BCUT2D eigenvalue weighted by Crippen LogP contribution is 2.40. The summed E-state index contributed by atoms with van der Waals surface area (Å²) in [5.41, 5.74) is 1.38. The van der Waals surface area contributed by atoms with Gasteiger partial charge in [-0.15, -0.1) is 11.3 Å². The van der Waals surface area contributed by atoms with Crippen LogP contribution in [0.2, 0.25) is 0 Å². The Morgan fingerprint density at radius 2 is 1.83 bits per heavy atom. The molecule has 4 rings (SSSR count). The topological polar surface area (TPSA) is 105 Å². The number of hydrogen-bond donors (Lipinski definition) is 2. The Labute approximate surface area is 274 Å². The Morgan fingerprint density at radius 3 is 2.48 bits per heavy atom. The van der Waals surface area contributed by atoms with Crippen molar-refractivity contribution < 1.29 is 26.3 Å². The van der Waals surface area contributed by atoms with E-state index in [2.05, 4.69) is 26.7 Å². The van der Waals surface area contributed by atoms with E-state index < -0.39 is 27.3 Å². The number of methoxy groups -OCH3 is 1. The molecule has 1 aromatic heterocycles. The number of sulfone groups is 1. The Bertz CT molecular complexity index is 1870. The zero-order chi connectivity index (χ0) is 33.4. The summed E-state index contributed by atoms with van der Waals surface area (Å²) in [5, 5.41) is 3.80. The normalized spacial score (nSPS) is 12.1. The molecule has 242 valence electrons. The second-order valence-electron chi connectivity index (χ2n) is 9.95. The number of ether oxygens (including phenoxy) is 1. The van der Waals surface area contributed by atoms with Crippen molar-refractivity contribution in [2.75, 3.05) is 29.6 Å². The Morgan fingerprint density at radius 1 is 1.11 bits per heavy atom. The summed E-state index contributed by atoms with van der Waals surface area (Å²) in [6.07, 6.45) is 3.12. The minimum Gasteiger partial charge on any atom is -0.495 e. The molecular formula is C32H32F3N5O3S3. The molecule has 14 heteroatoms. The van der Waals surface area contributed by atoms with Crippen LogP contribution in [0.4, 0.5) is 24.5 Å². The maximum Gasteiger partial charge on any atom is 0.178 e. The van der Waals surface area contributed by atoms with Gasteiger partial charge in [0, 0.05) is 17.7 Å². The lowest BCUT2D eigenvalue weighted by molar-refractivity contribution is 0.416. The molecule has 2 N–H and O–H groups in total. The Hall–Kier alpha value is -4.14. The summed E-state index contributed by atoms with van der Waals surface area (Å²) in [7, 11) is -1.93. The number of nitrogens with one attached hydrogen (secondary N) is 2. The van der Waals surface area contributed by atoms with Gasteiger partial charge in [0.05, 0.1) is 55.3 Å². The van der Waals surface area contributed by atoms with Crippen LogP contribution in [0.1, 0.15) is 36.6 Å². The molecule has 1 heterocycles. The van der Waals surface area contributed by atoms with Crippen molar-refractivity contribution in [3.63, 3.8) is 0 Å². The second-order valence-corrected chi connectivity index (χ2v) is 14.1. The number of nitrogens with zero attached hydrogens (tertiary/aromatic N) is 3. The molecule has 3 aromatic carbocycles. The first-order valence-corrected chi connectivity index (χ1v) is 17.3. The van der Waals surface area contributed by atoms with E-state index in [9.17, 15) is 17.2 Å². The van der Waals surface area contributed by atoms with E-state index in [-0.39, 0.29) is 39.4 Å². The van der Waals surface area contributed by atoms with Gasteiger partial charge in [0.2, 0.25) is 0 Å². The smallest absolute Gasteiger partial charge is 0.178 e. The summed E-state index contributed by atoms with van der Waals surface area (Å²) < 4.78 is 76.8. The number of rotatable bonds is 14. The van der Waals surface area contributed by atoms with Gasteiger partial charge in [-0.05, 0) is 67.2 Å². The molecule has 0 amide bonds. The van der Waals surface area contributed by atoms with Crippen LogP contribution in [0.5, 0.6) is 5.75 Å². The highest BCUT2D eigenvalue weighted by Gasteiger charge is 2.22. The lowest BCUT2D eigenvalue weighted by Crippen LogP contribution is -2.06. The molecule has 8 nitrogen and oxygen atoms in total. The molecule has 0 fully saturated rings. The van der Waals surface area contributed by atoms with Crippen LogP contribution >= 0.6 is 23.3 Å². The number of aliphatic imine (C=N–C) groups is 2. The quantitative estimate of drug-likeness (QED) is 0.101. The second kappa shape index (κ2) is 15.4. The van der Waals surface area contributed by atoms with Crippen LogP contribution in [0.25, 0.3) is 17.0 Å². The third kappa shape index (κ3) is 7.98. The molecule has 0 saturated carbocycles. The number of hydrogen-bond acceptors (Lipinski definition) is 10. The lowest BCUT2D eigenvalue weighted by Gasteiger charge is -2.11. The monoisotopic (exact) mass is 687 g/mol. The standard InChI is InChI=1S/C32H32F3N5O3S3/c1-6-46(41,42)20-13-14-27(43-5)26(17-20)38-18-37-16-15-25(36-4)31-29(39-32(44-31)19(2)3)21-9-7-12-24(28(21)35)40-45-30-22(33)10-8-11-23(30)34/h7-17,19,38,40H,4,6,18H2,1-3,5H3/b25-15-,37-16-. The van der Waals surface area contributed by atoms with Gasteiger partial charge in [0.15, 0.2) is 15.7 Å². The van der Waals surface area contributed by atoms with Gasteiger partial charge in [-0.1, -0.05) is 32.9 Å². The van der Waals surface area contributed by atoms with E-state index in [0.29, 0.717) is 39.7 Å². The zero-order valence-electron chi connectivity index (χ0n) is 25.5. The van der Waals surface area contributed by atoms with Crippen molar-refractivity contribution in [2.45, 2.75) is 36.5 Å². The molecule has 0 aliphatic heterocycles. The number of anilines is 2. The molecule has 0 aliphatic carbocycles. The van der Waals surface area contributed by atoms with E-state index in [0.717, 1.165) is 17.1 Å². The molecule has 46 heavy (non-hydrogen) atoms. The van der Waals surface area contributed by atoms with Crippen LogP contribution in [-0.4, -0.2) is 45.9 Å². The van der Waals surface area contributed by atoms with Crippen molar-refractivity contribution in [2.24, 2.45) is 9.98 Å². The molecule has 4 aromatic rings. The minimum absolute atomic E-state index is 0.0196. The molecule has 0 atom stereocenters. The van der Waals surface area contributed by atoms with Crippen LogP contribution in [0.15, 0.2) is 80.4 Å². The van der Waals surface area contributed by atoms with Crippen molar-refractivity contribution in [3.05, 3.63) is 88.0 Å². The van der Waals surface area contributed by atoms with Crippen molar-refractivity contribution >= 4 is 63.1 Å². The third-order valence-corrected chi connectivity index (χ3v) is 10.6. The van der Waals surface area contributed by atoms with Gasteiger partial charge in [0.1, 0.15) is 24.1 Å². The van der Waals surface area contributed by atoms with Gasteiger partial charge in [-0.2, -0.15) is 0 Å². The first-order valence-electron chi connectivity index (χ1n) is 14.0. The maximum absolute atomic E-state index is 15.9. The van der Waals surface area contributed by atoms with Gasteiger partial charge in [0.25, 0.3) is 0 Å². The van der Waals surface area contributed by atoms with Crippen LogP contribution in [0, 0.1) is 17.5 Å². The highest BCUT2D eigenvalue weighted by atomic mass is 32.2. The van der Waals surface area contributed by atoms with Crippen molar-refractivity contribution in [1.29, 1.82) is 0 Å². The molecule has 0 radical (unpaired) electrons. The number of halogens is 3. The molecule has 0 saturated heterocycles. The zero-order valence-corrected chi connectivity index (χ0v) is 27.9. The molecule has 0 bridgehead atoms. The predicted octanol–water partition coefficient (Wildman–Crippen LogP) is 8.45. The fourth-order valence-corrected chi connectivity index (χ4v) is 6.79. The van der Waals surface area contributed by atoms with E-state index in [1.54, 1.807) is 31.2 Å². The lowest BCUT2D eigenvalue weighted by atomic mass is 10.1. The fraction of sp³-hybridized carbons (Fsp3) is 0.219. The molecule has 0 aliphatic rings. The van der Waals surface area contributed by atoms with Gasteiger partial charge in [-0.25, -0.2) is 26.6 Å². The molecular weight excluding hydrogens is 656 g/mol. The van der Waals surface area contributed by atoms with Crippen LogP contribution in [-0.2, 0) is 9.84 Å². The van der Waals surface area contributed by atoms with E-state index in [1.807, 2.05) is 13.8 Å². The van der Waals surface area contributed by atoms with Crippen LogP contribution < -0.4 is 14.8 Å². The summed E-state index contributed by atoms with van der Waals surface area (Å²) in [4.78, 5) is 13.7. The average molecular weight is 688 g/mol. The van der Waals surface area contributed by atoms with Crippen LogP contribution in [0.3, 0.4) is 0 Å². The van der Waals surface area contributed by atoms with Crippen molar-refractivity contribution in [3.8, 4) is 17.0 Å². The van der Waals surface area contributed by atoms with E-state index in [1.165, 1.54) is 48.9 Å². The first-order chi connectivity index (χ1) is 22.0. The molecule has 0 unspecified atom stereocenters. The largest absolute Gasteiger partial charge is 0.495 e. The van der Waals surface area contributed by atoms with Gasteiger partial charge in [-0.3, -0.25) is 9.98 Å². The Balaban J connectivity index is 1.60. The van der Waals surface area contributed by atoms with E-state index in [4.69, 9.17) is 9.72 Å². The SMILES string of the molecule is C=N/C(=C\C=N/CNc1cc(S(=O)(=O)CC)ccc1OC)c1sc(C(C)C)nc1-c1cccc(NSc2c(F)cccc2F)c1F. The first kappa shape index (κ1) is 34.7. The number of thiazole rings is 1. The van der Waals surface area contributed by atoms with Crippen molar-refractivity contribution in [1.82, 2.24) is 4.98 Å². The predicted molar refractivity (Wildman–Crippen MR) is 183 cm³/mol. The average Bonchev–Trinajstić information content (AvgIpc) is 3.48. The molecule has 0 spiro atoms. The summed E-state index contributed by atoms with van der Waals surface area (Å²) in [6, 6.07) is 12.7. The number of benzene rings is 3. The van der Waals surface area contributed by atoms with Gasteiger partial charge >= 0.3 is 0 Å².